The zero-order valence-electron chi connectivity index (χ0n) is 37.3. The van der Waals surface area contributed by atoms with Crippen molar-refractivity contribution in [1.82, 2.24) is 24.5 Å². The van der Waals surface area contributed by atoms with E-state index < -0.39 is 0 Å². The van der Waals surface area contributed by atoms with Gasteiger partial charge in [-0.25, -0.2) is 9.97 Å². The first kappa shape index (κ1) is 44.1. The normalized spacial score (nSPS) is 11.3. The summed E-state index contributed by atoms with van der Waals surface area (Å²) in [6.07, 6.45) is 10.1. The van der Waals surface area contributed by atoms with Gasteiger partial charge in [0.1, 0.15) is 23.0 Å². The van der Waals surface area contributed by atoms with E-state index in [0.717, 1.165) is 112 Å². The van der Waals surface area contributed by atoms with E-state index in [1.54, 1.807) is 28.4 Å². The van der Waals surface area contributed by atoms with E-state index in [2.05, 4.69) is 124 Å². The molecule has 0 fully saturated rings. The van der Waals surface area contributed by atoms with Gasteiger partial charge in [-0.15, -0.1) is 0 Å². The van der Waals surface area contributed by atoms with E-state index in [1.807, 2.05) is 85.1 Å². The van der Waals surface area contributed by atoms with Crippen LogP contribution in [0.2, 0.25) is 0 Å². The molecule has 9 nitrogen and oxygen atoms in total. The molecule has 5 aromatic carbocycles. The van der Waals surface area contributed by atoms with E-state index in [1.165, 1.54) is 5.39 Å². The Bertz CT molecular complexity index is 3380. The number of ether oxygens (including phenoxy) is 4. The molecule has 10 heteroatoms. The molecular weight excluding hydrogens is 875 g/mol. The minimum Gasteiger partial charge on any atom is -0.497 e. The van der Waals surface area contributed by atoms with Gasteiger partial charge in [0.2, 0.25) is 0 Å². The van der Waals surface area contributed by atoms with Gasteiger partial charge in [0.15, 0.2) is 0 Å². The molecule has 0 atom stereocenters. The second-order valence-corrected chi connectivity index (χ2v) is 15.6. The maximum absolute atomic E-state index is 5.65. The first-order valence-corrected chi connectivity index (χ1v) is 21.5. The number of hydrogen-bond acceptors (Lipinski definition) is 7. The fourth-order valence-electron chi connectivity index (χ4n) is 8.44. The van der Waals surface area contributed by atoms with Gasteiger partial charge in [0, 0.05) is 62.1 Å². The first-order valence-electron chi connectivity index (χ1n) is 21.5. The molecule has 2 aliphatic heterocycles. The van der Waals surface area contributed by atoms with Crippen LogP contribution in [0.5, 0.6) is 23.0 Å². The van der Waals surface area contributed by atoms with Crippen LogP contribution >= 0.6 is 0 Å². The summed E-state index contributed by atoms with van der Waals surface area (Å²) < 4.78 is 24.9. The second-order valence-electron chi connectivity index (χ2n) is 15.6. The van der Waals surface area contributed by atoms with Crippen molar-refractivity contribution in [2.75, 3.05) is 28.4 Å². The Labute approximate surface area is 399 Å². The minimum absolute atomic E-state index is 0. The Morgan fingerprint density at radius 3 is 1.49 bits per heavy atom. The molecule has 1 N–H and O–H groups in total. The number of nitrogens with one attached hydrogen (secondary N) is 1. The molecule has 0 aliphatic carbocycles. The topological polar surface area (TPSA) is 96.3 Å². The monoisotopic (exact) mass is 919 g/mol. The Kier molecular flexibility index (Phi) is 12.8. The van der Waals surface area contributed by atoms with Gasteiger partial charge in [-0.1, -0.05) is 60.7 Å². The van der Waals surface area contributed by atoms with Crippen molar-refractivity contribution in [3.05, 3.63) is 193 Å². The molecular formula is C57H45FeN5O4. The van der Waals surface area contributed by atoms with Crippen molar-refractivity contribution in [3.63, 3.8) is 0 Å². The van der Waals surface area contributed by atoms with Crippen LogP contribution < -0.4 is 18.9 Å². The van der Waals surface area contributed by atoms with Crippen molar-refractivity contribution < 1.29 is 36.0 Å². The number of methoxy groups -OCH3 is 4. The SMILES string of the molecule is COc1ccc(-c2c(-c3ccc(OC)cc3)c3c(-c4ccc(OC)cc4)c4nc(cc5ccc(cc6nc(cc2n3-c2ccc(OC)cc2)C=C6)[nH]5)C=C4)cc1.[Fe].c1ccc2ncccc2c1. The molecule has 330 valence electrons. The van der Waals surface area contributed by atoms with Crippen LogP contribution in [0.25, 0.3) is 96.3 Å². The molecule has 4 aromatic heterocycles. The van der Waals surface area contributed by atoms with Crippen molar-refractivity contribution in [3.8, 4) is 62.1 Å². The molecule has 2 aliphatic rings. The van der Waals surface area contributed by atoms with Crippen molar-refractivity contribution in [1.29, 1.82) is 0 Å². The molecule has 6 heterocycles. The molecule has 9 aromatic rings. The number of para-hydroxylation sites is 1. The molecule has 0 saturated heterocycles. The zero-order chi connectivity index (χ0) is 45.0. The van der Waals surface area contributed by atoms with Crippen molar-refractivity contribution >= 4 is 57.3 Å². The van der Waals surface area contributed by atoms with Crippen LogP contribution in [-0.2, 0) is 17.1 Å². The van der Waals surface area contributed by atoms with Gasteiger partial charge < -0.3 is 28.5 Å². The van der Waals surface area contributed by atoms with Crippen LogP contribution in [-0.4, -0.2) is 52.9 Å². The number of H-pyrrole nitrogens is 1. The third-order valence-corrected chi connectivity index (χ3v) is 11.6. The minimum atomic E-state index is 0. The number of benzene rings is 5. The van der Waals surface area contributed by atoms with E-state index in [9.17, 15) is 0 Å². The van der Waals surface area contributed by atoms with E-state index in [0.29, 0.717) is 0 Å². The summed E-state index contributed by atoms with van der Waals surface area (Å²) in [6, 6.07) is 55.4. The van der Waals surface area contributed by atoms with Gasteiger partial charge in [-0.05, 0) is 144 Å². The van der Waals surface area contributed by atoms with E-state index in [4.69, 9.17) is 28.9 Å². The van der Waals surface area contributed by atoms with Crippen LogP contribution in [0.4, 0.5) is 0 Å². The fraction of sp³-hybridized carbons (Fsp3) is 0.0702. The largest absolute Gasteiger partial charge is 0.497 e. The molecule has 11 rings (SSSR count). The van der Waals surface area contributed by atoms with Crippen LogP contribution in [0.15, 0.2) is 170 Å². The average molecular weight is 920 g/mol. The van der Waals surface area contributed by atoms with Crippen molar-refractivity contribution in [2.24, 2.45) is 0 Å². The van der Waals surface area contributed by atoms with Crippen LogP contribution in [0.3, 0.4) is 0 Å². The smallest absolute Gasteiger partial charge is 0.119 e. The Morgan fingerprint density at radius 1 is 0.448 bits per heavy atom. The number of aromatic nitrogens is 5. The van der Waals surface area contributed by atoms with Gasteiger partial charge in [-0.2, -0.15) is 0 Å². The first-order chi connectivity index (χ1) is 32.5. The predicted molar refractivity (Wildman–Crippen MR) is 268 cm³/mol. The maximum atomic E-state index is 5.65. The summed E-state index contributed by atoms with van der Waals surface area (Å²) in [4.78, 5) is 18.1. The number of aromatic amines is 1. The fourth-order valence-corrected chi connectivity index (χ4v) is 8.44. The predicted octanol–water partition coefficient (Wildman–Crippen LogP) is 13.4. The third kappa shape index (κ3) is 9.09. The summed E-state index contributed by atoms with van der Waals surface area (Å²) in [5.74, 6) is 3.06. The van der Waals surface area contributed by atoms with Gasteiger partial charge in [0.25, 0.3) is 0 Å². The standard InChI is InChI=1S/C48H38N4O4.C9H7N.Fe/c1-53-39-18-5-30(6-19-39)45-43-26-15-36(51-43)28-35-12-11-33(49-35)27-34-13-14-37(50-34)29-44-46(31-7-20-40(54-2)21-8-31)47(32-9-22-41(55-3)23-10-32)48(45)52(44)38-16-24-42(56-4)25-17-38;1-2-6-9-8(4-1)5-3-7-10-9;/h5-29,49H,1-4H3;1-7H;. The number of hydrogen-bond donors (Lipinski definition) is 1. The maximum Gasteiger partial charge on any atom is 0.119 e. The second kappa shape index (κ2) is 19.5. The number of pyridine rings is 1. The summed E-state index contributed by atoms with van der Waals surface area (Å²) in [5, 5.41) is 1.20. The average Bonchev–Trinajstić information content (AvgIpc) is 4.20. The third-order valence-electron chi connectivity index (χ3n) is 11.6. The quantitative estimate of drug-likeness (QED) is 0.152. The summed E-state index contributed by atoms with van der Waals surface area (Å²) >= 11 is 0. The van der Waals surface area contributed by atoms with Gasteiger partial charge in [-0.3, -0.25) is 4.98 Å². The van der Waals surface area contributed by atoms with E-state index >= 15 is 0 Å². The molecule has 67 heavy (non-hydrogen) atoms. The Hall–Kier alpha value is -8.17. The summed E-state index contributed by atoms with van der Waals surface area (Å²) in [7, 11) is 6.74. The van der Waals surface area contributed by atoms with Crippen LogP contribution in [0, 0.1) is 0 Å². The Balaban J connectivity index is 0.000000451. The molecule has 0 spiro atoms. The Morgan fingerprint density at radius 2 is 0.925 bits per heavy atom. The zero-order valence-corrected chi connectivity index (χ0v) is 38.4. The number of fused-ring (bicyclic) bond motifs is 9. The molecule has 0 amide bonds. The summed E-state index contributed by atoms with van der Waals surface area (Å²) in [6.45, 7) is 0. The number of rotatable bonds is 8. The van der Waals surface area contributed by atoms with E-state index in [-0.39, 0.29) is 17.1 Å². The molecule has 0 unspecified atom stereocenters. The molecule has 0 radical (unpaired) electrons. The van der Waals surface area contributed by atoms with Crippen LogP contribution in [0.1, 0.15) is 22.8 Å². The molecule has 8 bridgehead atoms. The van der Waals surface area contributed by atoms with Gasteiger partial charge in [0.05, 0.1) is 67.8 Å². The summed E-state index contributed by atoms with van der Waals surface area (Å²) in [5.41, 5.74) is 15.0. The van der Waals surface area contributed by atoms with Crippen molar-refractivity contribution in [2.45, 2.75) is 0 Å². The molecule has 0 saturated carbocycles. The van der Waals surface area contributed by atoms with Gasteiger partial charge >= 0.3 is 0 Å². The number of nitrogens with zero attached hydrogens (tertiary/aromatic N) is 4.